The molecule has 3 rings (SSSR count). The molecule has 6 heteroatoms. The van der Waals surface area contributed by atoms with Crippen molar-refractivity contribution in [3.05, 3.63) is 30.0 Å². The van der Waals surface area contributed by atoms with Gasteiger partial charge in [0.1, 0.15) is 0 Å². The van der Waals surface area contributed by atoms with Crippen LogP contribution in [0.5, 0.6) is 5.88 Å². The highest BCUT2D eigenvalue weighted by Crippen LogP contribution is 2.32. The Labute approximate surface area is 147 Å². The quantitative estimate of drug-likeness (QED) is 0.892. The molecule has 1 aliphatic rings. The zero-order chi connectivity index (χ0) is 18.0. The van der Waals surface area contributed by atoms with Gasteiger partial charge in [-0.25, -0.2) is 4.98 Å². The first kappa shape index (κ1) is 17.6. The highest BCUT2D eigenvalue weighted by molar-refractivity contribution is 5.97. The standard InChI is InChI=1S/C19H25N3O3/c1-19(2,24)14-5-7-15(8-6-14)21-18(23)13-10-12-4-9-16(25-3)22-17(12)20-11-13/h4,9-11,14-15,24H,5-8H2,1-3H3,(H,21,23). The van der Waals surface area contributed by atoms with Crippen LogP contribution in [0.25, 0.3) is 11.0 Å². The lowest BCUT2D eigenvalue weighted by Crippen LogP contribution is -2.41. The Balaban J connectivity index is 1.65. The minimum absolute atomic E-state index is 0.114. The van der Waals surface area contributed by atoms with E-state index in [2.05, 4.69) is 15.3 Å². The summed E-state index contributed by atoms with van der Waals surface area (Å²) in [6.07, 6.45) is 5.18. The molecule has 0 spiro atoms. The number of pyridine rings is 2. The van der Waals surface area contributed by atoms with E-state index in [1.165, 1.54) is 0 Å². The summed E-state index contributed by atoms with van der Waals surface area (Å²) in [7, 11) is 1.56. The fourth-order valence-electron chi connectivity index (χ4n) is 3.44. The van der Waals surface area contributed by atoms with Crippen molar-refractivity contribution in [1.29, 1.82) is 0 Å². The van der Waals surface area contributed by atoms with Crippen LogP contribution in [-0.2, 0) is 0 Å². The van der Waals surface area contributed by atoms with Gasteiger partial charge in [-0.2, -0.15) is 4.98 Å². The Kier molecular flexibility index (Phi) is 4.90. The molecule has 0 bridgehead atoms. The van der Waals surface area contributed by atoms with Crippen LogP contribution < -0.4 is 10.1 Å². The monoisotopic (exact) mass is 343 g/mol. The second-order valence-electron chi connectivity index (χ2n) is 7.30. The van der Waals surface area contributed by atoms with Gasteiger partial charge in [-0.05, 0) is 57.6 Å². The topological polar surface area (TPSA) is 84.3 Å². The minimum atomic E-state index is -0.648. The van der Waals surface area contributed by atoms with Crippen molar-refractivity contribution in [2.24, 2.45) is 5.92 Å². The largest absolute Gasteiger partial charge is 0.481 e. The molecule has 2 aromatic rings. The molecule has 134 valence electrons. The SMILES string of the molecule is COc1ccc2cc(C(=O)NC3CCC(C(C)(C)O)CC3)cnc2n1. The van der Waals surface area contributed by atoms with Crippen molar-refractivity contribution in [2.75, 3.05) is 7.11 Å². The van der Waals surface area contributed by atoms with Gasteiger partial charge in [-0.15, -0.1) is 0 Å². The molecule has 0 aliphatic heterocycles. The predicted octanol–water partition coefficient (Wildman–Crippen LogP) is 2.70. The van der Waals surface area contributed by atoms with Gasteiger partial charge in [0.25, 0.3) is 5.91 Å². The summed E-state index contributed by atoms with van der Waals surface area (Å²) in [6.45, 7) is 3.72. The van der Waals surface area contributed by atoms with Gasteiger partial charge >= 0.3 is 0 Å². The number of carbonyl (C=O) groups excluding carboxylic acids is 1. The van der Waals surface area contributed by atoms with Crippen LogP contribution in [0.3, 0.4) is 0 Å². The van der Waals surface area contributed by atoms with Crippen LogP contribution in [0.4, 0.5) is 0 Å². The number of aliphatic hydroxyl groups is 1. The molecule has 1 amide bonds. The van der Waals surface area contributed by atoms with E-state index in [9.17, 15) is 9.90 Å². The van der Waals surface area contributed by atoms with Gasteiger partial charge in [-0.1, -0.05) is 0 Å². The maximum absolute atomic E-state index is 12.5. The van der Waals surface area contributed by atoms with Crippen LogP contribution in [0, 0.1) is 5.92 Å². The second kappa shape index (κ2) is 6.96. The lowest BCUT2D eigenvalue weighted by atomic mass is 9.77. The Bertz CT molecular complexity index is 762. The molecule has 0 saturated heterocycles. The zero-order valence-electron chi connectivity index (χ0n) is 15.0. The Morgan fingerprint density at radius 3 is 2.64 bits per heavy atom. The van der Waals surface area contributed by atoms with Crippen molar-refractivity contribution in [3.63, 3.8) is 0 Å². The lowest BCUT2D eigenvalue weighted by molar-refractivity contribution is -0.00257. The maximum Gasteiger partial charge on any atom is 0.253 e. The van der Waals surface area contributed by atoms with E-state index in [0.717, 1.165) is 31.1 Å². The molecule has 0 radical (unpaired) electrons. The van der Waals surface area contributed by atoms with E-state index in [-0.39, 0.29) is 11.9 Å². The summed E-state index contributed by atoms with van der Waals surface area (Å²) in [5.41, 5.74) is 0.441. The third-order valence-corrected chi connectivity index (χ3v) is 5.05. The van der Waals surface area contributed by atoms with Crippen molar-refractivity contribution in [3.8, 4) is 5.88 Å². The van der Waals surface area contributed by atoms with Crippen LogP contribution in [0.1, 0.15) is 49.9 Å². The molecule has 6 nitrogen and oxygen atoms in total. The second-order valence-corrected chi connectivity index (χ2v) is 7.30. The van der Waals surface area contributed by atoms with Gasteiger partial charge in [0.15, 0.2) is 5.65 Å². The zero-order valence-corrected chi connectivity index (χ0v) is 15.0. The summed E-state index contributed by atoms with van der Waals surface area (Å²) in [5.74, 6) is 0.682. The third kappa shape index (κ3) is 4.07. The van der Waals surface area contributed by atoms with Crippen LogP contribution >= 0.6 is 0 Å². The van der Waals surface area contributed by atoms with Gasteiger partial charge < -0.3 is 15.2 Å². The number of carbonyl (C=O) groups is 1. The smallest absolute Gasteiger partial charge is 0.253 e. The number of ether oxygens (including phenoxy) is 1. The summed E-state index contributed by atoms with van der Waals surface area (Å²) in [4.78, 5) is 21.0. The molecule has 0 aromatic carbocycles. The van der Waals surface area contributed by atoms with E-state index in [4.69, 9.17) is 4.74 Å². The van der Waals surface area contributed by atoms with Gasteiger partial charge in [0, 0.05) is 23.7 Å². The summed E-state index contributed by atoms with van der Waals surface area (Å²) >= 11 is 0. The summed E-state index contributed by atoms with van der Waals surface area (Å²) in [6, 6.07) is 5.55. The van der Waals surface area contributed by atoms with E-state index in [0.29, 0.717) is 23.0 Å². The molecule has 1 aliphatic carbocycles. The number of hydrogen-bond donors (Lipinski definition) is 2. The van der Waals surface area contributed by atoms with Gasteiger partial charge in [0.2, 0.25) is 5.88 Å². The minimum Gasteiger partial charge on any atom is -0.481 e. The fraction of sp³-hybridized carbons (Fsp3) is 0.526. The first-order valence-corrected chi connectivity index (χ1v) is 8.71. The summed E-state index contributed by atoms with van der Waals surface area (Å²) in [5, 5.41) is 14.0. The van der Waals surface area contributed by atoms with Gasteiger partial charge in [-0.3, -0.25) is 4.79 Å². The molecule has 2 aromatic heterocycles. The Morgan fingerprint density at radius 1 is 1.28 bits per heavy atom. The number of nitrogens with zero attached hydrogens (tertiary/aromatic N) is 2. The first-order valence-electron chi connectivity index (χ1n) is 8.71. The van der Waals surface area contributed by atoms with E-state index >= 15 is 0 Å². The van der Waals surface area contributed by atoms with Crippen LogP contribution in [-0.4, -0.2) is 39.7 Å². The molecule has 1 fully saturated rings. The molecular weight excluding hydrogens is 318 g/mol. The Hall–Kier alpha value is -2.21. The number of hydrogen-bond acceptors (Lipinski definition) is 5. The predicted molar refractivity (Wildman–Crippen MR) is 95.6 cm³/mol. The van der Waals surface area contributed by atoms with Crippen molar-refractivity contribution >= 4 is 16.9 Å². The normalized spacial score (nSPS) is 21.1. The van der Waals surface area contributed by atoms with Gasteiger partial charge in [0.05, 0.1) is 18.3 Å². The number of methoxy groups -OCH3 is 1. The number of rotatable bonds is 4. The van der Waals surface area contributed by atoms with Crippen molar-refractivity contribution < 1.29 is 14.6 Å². The highest BCUT2D eigenvalue weighted by atomic mass is 16.5. The first-order chi connectivity index (χ1) is 11.9. The third-order valence-electron chi connectivity index (χ3n) is 5.05. The van der Waals surface area contributed by atoms with Crippen LogP contribution in [0.15, 0.2) is 24.4 Å². The molecule has 0 atom stereocenters. The molecule has 1 saturated carbocycles. The molecular formula is C19H25N3O3. The average Bonchev–Trinajstić information content (AvgIpc) is 2.60. The lowest BCUT2D eigenvalue weighted by Gasteiger charge is -2.36. The summed E-state index contributed by atoms with van der Waals surface area (Å²) < 4.78 is 5.08. The maximum atomic E-state index is 12.5. The van der Waals surface area contributed by atoms with E-state index < -0.39 is 5.60 Å². The molecule has 0 unspecified atom stereocenters. The van der Waals surface area contributed by atoms with E-state index in [1.807, 2.05) is 19.9 Å². The number of nitrogens with one attached hydrogen (secondary N) is 1. The average molecular weight is 343 g/mol. The molecule has 25 heavy (non-hydrogen) atoms. The number of fused-ring (bicyclic) bond motifs is 1. The number of amides is 1. The molecule has 2 heterocycles. The van der Waals surface area contributed by atoms with Crippen LogP contribution in [0.2, 0.25) is 0 Å². The highest BCUT2D eigenvalue weighted by Gasteiger charge is 2.31. The van der Waals surface area contributed by atoms with Crippen molar-refractivity contribution in [2.45, 2.75) is 51.2 Å². The van der Waals surface area contributed by atoms with E-state index in [1.54, 1.807) is 25.4 Å². The molecule has 2 N–H and O–H groups in total. The fourth-order valence-corrected chi connectivity index (χ4v) is 3.44. The van der Waals surface area contributed by atoms with Crippen molar-refractivity contribution in [1.82, 2.24) is 15.3 Å². The number of aromatic nitrogens is 2. The Morgan fingerprint density at radius 2 is 2.00 bits per heavy atom.